The number of rotatable bonds is 5. The molecule has 3 N–H and O–H groups in total. The Hall–Kier alpha value is -0.900. The zero-order chi connectivity index (χ0) is 11.4. The van der Waals surface area contributed by atoms with Crippen LogP contribution in [0, 0.1) is 5.41 Å². The predicted octanol–water partition coefficient (Wildman–Crippen LogP) is 0.794. The van der Waals surface area contributed by atoms with Crippen molar-refractivity contribution in [1.82, 2.24) is 0 Å². The summed E-state index contributed by atoms with van der Waals surface area (Å²) in [5.41, 5.74) is 1.47. The lowest BCUT2D eigenvalue weighted by atomic mass is 9.87. The monoisotopic (exact) mass is 188 g/mol. The lowest BCUT2D eigenvalue weighted by molar-refractivity contribution is -0.138. The van der Waals surface area contributed by atoms with Gasteiger partial charge in [-0.3, -0.25) is 9.59 Å². The van der Waals surface area contributed by atoms with Crippen molar-refractivity contribution in [2.24, 2.45) is 11.1 Å². The van der Waals surface area contributed by atoms with Crippen molar-refractivity contribution < 1.29 is 16.1 Å². The van der Waals surface area contributed by atoms with Crippen LogP contribution in [-0.2, 0) is 9.59 Å². The Morgan fingerprint density at radius 1 is 1.54 bits per heavy atom. The van der Waals surface area contributed by atoms with Gasteiger partial charge in [0.1, 0.15) is 13.2 Å². The van der Waals surface area contributed by atoms with E-state index >= 15 is 0 Å². The standard InChI is InChI=1S/C9H17NO3/c1-9(2,3)7(11)5-4-6(10)8(12)13/h6H,4-5,10H2,1-3H3,(H,12,13)/t6-/m0/s1/i/hD. The largest absolute Gasteiger partial charge is 0.480 e. The van der Waals surface area contributed by atoms with E-state index < -0.39 is 17.4 Å². The molecule has 0 aliphatic rings. The Balaban J connectivity index is 4.05. The van der Waals surface area contributed by atoms with Crippen LogP contribution < -0.4 is 5.73 Å². The first-order chi connectivity index (χ1) is 6.29. The fourth-order valence-electron chi connectivity index (χ4n) is 0.774. The summed E-state index contributed by atoms with van der Waals surface area (Å²) in [7, 11) is 0. The van der Waals surface area contributed by atoms with Gasteiger partial charge in [-0.05, 0) is 6.42 Å². The van der Waals surface area contributed by atoms with Crippen LogP contribution in [0.5, 0.6) is 0 Å². The molecule has 0 aliphatic carbocycles. The summed E-state index contributed by atoms with van der Waals surface area (Å²) in [5, 5.41) is 8.60. The maximum absolute atomic E-state index is 11.4. The predicted molar refractivity (Wildman–Crippen MR) is 49.3 cm³/mol. The van der Waals surface area contributed by atoms with Crippen molar-refractivity contribution in [2.75, 3.05) is 0 Å². The molecule has 0 aliphatic heterocycles. The number of nitrogens with two attached hydrogens (primary N) is 1. The molecule has 0 bridgehead atoms. The summed E-state index contributed by atoms with van der Waals surface area (Å²) in [4.78, 5) is 21.9. The van der Waals surface area contributed by atoms with Crippen molar-refractivity contribution in [3.63, 3.8) is 0 Å². The van der Waals surface area contributed by atoms with Gasteiger partial charge in [-0.1, -0.05) is 20.8 Å². The van der Waals surface area contributed by atoms with Crippen molar-refractivity contribution in [3.8, 4) is 0 Å². The van der Waals surface area contributed by atoms with Crippen LogP contribution >= 0.6 is 0 Å². The molecule has 4 heteroatoms. The van der Waals surface area contributed by atoms with Crippen molar-refractivity contribution in [3.05, 3.63) is 0 Å². The van der Waals surface area contributed by atoms with E-state index in [-0.39, 0.29) is 18.6 Å². The maximum Gasteiger partial charge on any atom is 0.320 e. The van der Waals surface area contributed by atoms with E-state index in [0.29, 0.717) is 0 Å². The average molecular weight is 188 g/mol. The Morgan fingerprint density at radius 2 is 2.08 bits per heavy atom. The third-order valence-electron chi connectivity index (χ3n) is 1.79. The number of hydrogen-bond donors (Lipinski definition) is 2. The summed E-state index contributed by atoms with van der Waals surface area (Å²) in [6, 6.07) is -0.957. The quantitative estimate of drug-likeness (QED) is 0.668. The zero-order valence-corrected chi connectivity index (χ0v) is 8.26. The van der Waals surface area contributed by atoms with Crippen LogP contribution in [0.3, 0.4) is 0 Å². The summed E-state index contributed by atoms with van der Waals surface area (Å²) < 4.78 is 6.75. The van der Waals surface area contributed by atoms with Gasteiger partial charge in [0.15, 0.2) is 0 Å². The minimum atomic E-state index is -1.10. The number of hydrogen-bond acceptors (Lipinski definition) is 3. The Morgan fingerprint density at radius 3 is 2.38 bits per heavy atom. The first-order valence-electron chi connectivity index (χ1n) is 4.72. The molecule has 0 unspecified atom stereocenters. The molecule has 0 aromatic heterocycles. The van der Waals surface area contributed by atoms with Gasteiger partial charge in [0.2, 0.25) is 0 Å². The third-order valence-corrected chi connectivity index (χ3v) is 1.79. The summed E-state index contributed by atoms with van der Waals surface area (Å²) >= 11 is 0. The number of carboxylic acids is 1. The van der Waals surface area contributed by atoms with Crippen LogP contribution in [0.1, 0.15) is 33.6 Å². The lowest BCUT2D eigenvalue weighted by Crippen LogP contribution is -2.32. The van der Waals surface area contributed by atoms with Gasteiger partial charge in [-0.2, -0.15) is 0 Å². The van der Waals surface area contributed by atoms with E-state index in [1.54, 1.807) is 20.8 Å². The first kappa shape index (κ1) is 10.2. The van der Waals surface area contributed by atoms with E-state index in [0.717, 1.165) is 0 Å². The molecule has 0 rings (SSSR count). The highest BCUT2D eigenvalue weighted by Gasteiger charge is 2.22. The van der Waals surface area contributed by atoms with Gasteiger partial charge in [0.05, 0.1) is 0 Å². The highest BCUT2D eigenvalue weighted by Crippen LogP contribution is 2.17. The van der Waals surface area contributed by atoms with Gasteiger partial charge in [0, 0.05) is 11.8 Å². The number of carbonyl (C=O) groups is 2. The number of Topliss-reactive ketones (excluding diaryl/α,β-unsaturated/α-hetero) is 1. The van der Waals surface area contributed by atoms with Crippen molar-refractivity contribution in [1.29, 1.82) is 0 Å². The molecular weight excluding hydrogens is 170 g/mol. The lowest BCUT2D eigenvalue weighted by Gasteiger charge is -2.16. The van der Waals surface area contributed by atoms with Gasteiger partial charge in [-0.15, -0.1) is 0 Å². The molecule has 1 atom stereocenters. The van der Waals surface area contributed by atoms with Crippen molar-refractivity contribution >= 4 is 11.8 Å². The fourth-order valence-corrected chi connectivity index (χ4v) is 0.774. The van der Waals surface area contributed by atoms with E-state index in [2.05, 4.69) is 0 Å². The van der Waals surface area contributed by atoms with Gasteiger partial charge in [-0.25, -0.2) is 0 Å². The SMILES string of the molecule is [2H]N[C@@H](CCC(=O)C(C)(C)C)C(=O)O. The second kappa shape index (κ2) is 4.37. The van der Waals surface area contributed by atoms with Crippen LogP contribution in [0.15, 0.2) is 0 Å². The minimum Gasteiger partial charge on any atom is -0.480 e. The molecule has 0 aromatic rings. The summed E-state index contributed by atoms with van der Waals surface area (Å²) in [6.07, 6.45) is 0.348. The topological polar surface area (TPSA) is 80.4 Å². The highest BCUT2D eigenvalue weighted by molar-refractivity contribution is 5.84. The zero-order valence-electron chi connectivity index (χ0n) is 9.26. The molecule has 0 amide bonds. The third kappa shape index (κ3) is 4.62. The van der Waals surface area contributed by atoms with Crippen LogP contribution in [0.4, 0.5) is 0 Å². The molecule has 13 heavy (non-hydrogen) atoms. The molecule has 0 radical (unpaired) electrons. The molecule has 0 aromatic carbocycles. The maximum atomic E-state index is 11.4. The molecule has 0 heterocycles. The van der Waals surface area contributed by atoms with E-state index in [1.807, 2.05) is 5.73 Å². The average Bonchev–Trinajstić information content (AvgIpc) is 2.02. The highest BCUT2D eigenvalue weighted by atomic mass is 16.4. The number of ketones is 1. The molecule has 0 fully saturated rings. The molecule has 0 saturated heterocycles. The fraction of sp³-hybridized carbons (Fsp3) is 0.778. The Kier molecular flexibility index (Phi) is 3.42. The van der Waals surface area contributed by atoms with Crippen LogP contribution in [0.25, 0.3) is 0 Å². The summed E-state index contributed by atoms with van der Waals surface area (Å²) in [6.45, 7) is 5.37. The van der Waals surface area contributed by atoms with Crippen LogP contribution in [-0.4, -0.2) is 22.9 Å². The van der Waals surface area contributed by atoms with Gasteiger partial charge in [0.25, 0.3) is 0 Å². The minimum absolute atomic E-state index is 0.0130. The van der Waals surface area contributed by atoms with E-state index in [1.165, 1.54) is 0 Å². The second-order valence-corrected chi connectivity index (χ2v) is 4.10. The smallest absolute Gasteiger partial charge is 0.320 e. The van der Waals surface area contributed by atoms with Crippen molar-refractivity contribution in [2.45, 2.75) is 39.7 Å². The Bertz CT molecular complexity index is 223. The summed E-state index contributed by atoms with van der Waals surface area (Å²) in [5.74, 6) is -1.08. The molecule has 4 nitrogen and oxygen atoms in total. The Labute approximate surface area is 79.6 Å². The van der Waals surface area contributed by atoms with E-state index in [4.69, 9.17) is 6.52 Å². The van der Waals surface area contributed by atoms with Crippen LogP contribution in [0.2, 0.25) is 1.41 Å². The number of carboxylic acid groups (broad SMARTS) is 1. The van der Waals surface area contributed by atoms with E-state index in [9.17, 15) is 9.59 Å². The van der Waals surface area contributed by atoms with Gasteiger partial charge < -0.3 is 10.8 Å². The molecule has 0 spiro atoms. The second-order valence-electron chi connectivity index (χ2n) is 4.10. The normalized spacial score (nSPS) is 14.8. The molecule has 0 saturated carbocycles. The number of aliphatic carboxylic acids is 1. The molecule has 76 valence electrons. The molecular formula is C9H17NO3. The number of carbonyl (C=O) groups excluding carboxylic acids is 1. The van der Waals surface area contributed by atoms with Gasteiger partial charge >= 0.3 is 5.97 Å². The first-order valence-corrected chi connectivity index (χ1v) is 4.22.